The third kappa shape index (κ3) is 2.98. The fraction of sp³-hybridized carbons (Fsp3) is 0.611. The van der Waals surface area contributed by atoms with Crippen LogP contribution in [0.2, 0.25) is 0 Å². The second kappa shape index (κ2) is 5.80. The van der Waals surface area contributed by atoms with Crippen molar-refractivity contribution < 1.29 is 4.79 Å². The summed E-state index contributed by atoms with van der Waals surface area (Å²) in [4.78, 5) is 14.7. The third-order valence-electron chi connectivity index (χ3n) is 5.43. The van der Waals surface area contributed by atoms with Crippen LogP contribution in [0.15, 0.2) is 30.3 Å². The Balaban J connectivity index is 1.54. The van der Waals surface area contributed by atoms with Crippen molar-refractivity contribution >= 4 is 5.91 Å². The molecule has 1 aromatic rings. The SMILES string of the molecule is CN(C)C1(CNC(=O)[C@H]2C[C@@H]2c2ccccc2)CCCC1. The summed E-state index contributed by atoms with van der Waals surface area (Å²) < 4.78 is 0. The van der Waals surface area contributed by atoms with Gasteiger partial charge in [0, 0.05) is 18.0 Å². The number of amides is 1. The van der Waals surface area contributed by atoms with Crippen LogP contribution in [0.1, 0.15) is 43.6 Å². The number of hydrogen-bond donors (Lipinski definition) is 1. The molecule has 0 aliphatic heterocycles. The van der Waals surface area contributed by atoms with Crippen LogP contribution in [-0.2, 0) is 4.79 Å². The van der Waals surface area contributed by atoms with Gasteiger partial charge in [0.2, 0.25) is 5.91 Å². The van der Waals surface area contributed by atoms with Crippen LogP contribution < -0.4 is 5.32 Å². The van der Waals surface area contributed by atoms with E-state index < -0.39 is 0 Å². The van der Waals surface area contributed by atoms with Gasteiger partial charge in [-0.05, 0) is 44.8 Å². The van der Waals surface area contributed by atoms with Crippen molar-refractivity contribution in [3.05, 3.63) is 35.9 Å². The second-order valence-corrected chi connectivity index (χ2v) is 6.90. The van der Waals surface area contributed by atoms with Gasteiger partial charge < -0.3 is 10.2 Å². The van der Waals surface area contributed by atoms with Gasteiger partial charge in [-0.1, -0.05) is 43.2 Å². The van der Waals surface area contributed by atoms with Gasteiger partial charge in [-0.15, -0.1) is 0 Å². The first-order valence-electron chi connectivity index (χ1n) is 8.12. The van der Waals surface area contributed by atoms with E-state index in [9.17, 15) is 4.79 Å². The largest absolute Gasteiger partial charge is 0.354 e. The molecule has 2 saturated carbocycles. The van der Waals surface area contributed by atoms with Crippen LogP contribution in [-0.4, -0.2) is 37.0 Å². The predicted octanol–water partition coefficient (Wildman–Crippen LogP) is 2.78. The van der Waals surface area contributed by atoms with Gasteiger partial charge >= 0.3 is 0 Å². The van der Waals surface area contributed by atoms with E-state index in [1.807, 2.05) is 6.07 Å². The van der Waals surface area contributed by atoms with Crippen molar-refractivity contribution in [1.29, 1.82) is 0 Å². The normalized spacial score (nSPS) is 26.8. The highest BCUT2D eigenvalue weighted by atomic mass is 16.2. The van der Waals surface area contributed by atoms with E-state index in [0.717, 1.165) is 13.0 Å². The van der Waals surface area contributed by atoms with E-state index >= 15 is 0 Å². The summed E-state index contributed by atoms with van der Waals surface area (Å²) in [5.74, 6) is 0.870. The Morgan fingerprint density at radius 2 is 1.90 bits per heavy atom. The zero-order valence-electron chi connectivity index (χ0n) is 13.1. The minimum Gasteiger partial charge on any atom is -0.354 e. The van der Waals surface area contributed by atoms with Crippen LogP contribution in [0, 0.1) is 5.92 Å². The molecular formula is C18H26N2O. The quantitative estimate of drug-likeness (QED) is 0.902. The van der Waals surface area contributed by atoms with Crippen molar-refractivity contribution in [3.63, 3.8) is 0 Å². The fourth-order valence-corrected chi connectivity index (χ4v) is 3.75. The zero-order chi connectivity index (χ0) is 14.9. The molecule has 1 N–H and O–H groups in total. The summed E-state index contributed by atoms with van der Waals surface area (Å²) >= 11 is 0. The summed E-state index contributed by atoms with van der Waals surface area (Å²) in [5.41, 5.74) is 1.49. The first kappa shape index (κ1) is 14.6. The summed E-state index contributed by atoms with van der Waals surface area (Å²) in [7, 11) is 4.28. The highest BCUT2D eigenvalue weighted by Crippen LogP contribution is 2.47. The number of nitrogens with one attached hydrogen (secondary N) is 1. The number of nitrogens with zero attached hydrogens (tertiary/aromatic N) is 1. The van der Waals surface area contributed by atoms with Crippen molar-refractivity contribution in [2.75, 3.05) is 20.6 Å². The minimum atomic E-state index is 0.187. The minimum absolute atomic E-state index is 0.187. The number of carbonyl (C=O) groups excluding carboxylic acids is 1. The number of carbonyl (C=O) groups is 1. The van der Waals surface area contributed by atoms with Gasteiger partial charge in [0.05, 0.1) is 0 Å². The van der Waals surface area contributed by atoms with Gasteiger partial charge in [-0.25, -0.2) is 0 Å². The molecule has 2 fully saturated rings. The van der Waals surface area contributed by atoms with Gasteiger partial charge in [-0.3, -0.25) is 4.79 Å². The Bertz CT molecular complexity index is 491. The Labute approximate surface area is 127 Å². The lowest BCUT2D eigenvalue weighted by Crippen LogP contribution is -2.51. The fourth-order valence-electron chi connectivity index (χ4n) is 3.75. The van der Waals surface area contributed by atoms with Crippen LogP contribution in [0.5, 0.6) is 0 Å². The third-order valence-corrected chi connectivity index (χ3v) is 5.43. The number of benzene rings is 1. The standard InChI is InChI=1S/C18H26N2O/c1-20(2)18(10-6-7-11-18)13-19-17(21)16-12-15(16)14-8-4-3-5-9-14/h3-5,8-9,15-16H,6-7,10-13H2,1-2H3,(H,19,21)/t15-,16+/m1/s1. The van der Waals surface area contributed by atoms with E-state index in [2.05, 4.69) is 48.6 Å². The smallest absolute Gasteiger partial charge is 0.223 e. The molecule has 0 spiro atoms. The molecule has 2 aliphatic carbocycles. The predicted molar refractivity (Wildman–Crippen MR) is 85.2 cm³/mol. The Morgan fingerprint density at radius 1 is 1.24 bits per heavy atom. The molecule has 0 bridgehead atoms. The topological polar surface area (TPSA) is 32.3 Å². The molecular weight excluding hydrogens is 260 g/mol. The summed E-state index contributed by atoms with van der Waals surface area (Å²) in [5, 5.41) is 3.23. The Morgan fingerprint density at radius 3 is 2.52 bits per heavy atom. The lowest BCUT2D eigenvalue weighted by Gasteiger charge is -2.36. The van der Waals surface area contributed by atoms with Crippen molar-refractivity contribution in [2.45, 2.75) is 43.6 Å². The molecule has 0 heterocycles. The second-order valence-electron chi connectivity index (χ2n) is 6.90. The molecule has 0 saturated heterocycles. The van der Waals surface area contributed by atoms with Crippen molar-refractivity contribution in [3.8, 4) is 0 Å². The van der Waals surface area contributed by atoms with Crippen molar-refractivity contribution in [2.24, 2.45) is 5.92 Å². The first-order chi connectivity index (χ1) is 10.1. The lowest BCUT2D eigenvalue weighted by atomic mass is 9.96. The van der Waals surface area contributed by atoms with E-state index in [1.54, 1.807) is 0 Å². The Kier molecular flexibility index (Phi) is 4.03. The van der Waals surface area contributed by atoms with Crippen LogP contribution in [0.3, 0.4) is 0 Å². The molecule has 1 aromatic carbocycles. The van der Waals surface area contributed by atoms with Gasteiger partial charge in [0.25, 0.3) is 0 Å². The molecule has 0 radical (unpaired) electrons. The van der Waals surface area contributed by atoms with Crippen LogP contribution >= 0.6 is 0 Å². The average molecular weight is 286 g/mol. The van der Waals surface area contributed by atoms with E-state index in [4.69, 9.17) is 0 Å². The highest BCUT2D eigenvalue weighted by Gasteiger charge is 2.45. The average Bonchev–Trinajstić information content (AvgIpc) is 3.16. The lowest BCUT2D eigenvalue weighted by molar-refractivity contribution is -0.123. The molecule has 2 atom stereocenters. The van der Waals surface area contributed by atoms with E-state index in [0.29, 0.717) is 5.92 Å². The monoisotopic (exact) mass is 286 g/mol. The molecule has 21 heavy (non-hydrogen) atoms. The zero-order valence-corrected chi connectivity index (χ0v) is 13.1. The molecule has 3 rings (SSSR count). The number of hydrogen-bond acceptors (Lipinski definition) is 2. The van der Waals surface area contributed by atoms with Crippen LogP contribution in [0.4, 0.5) is 0 Å². The van der Waals surface area contributed by atoms with Gasteiger partial charge in [0.1, 0.15) is 0 Å². The molecule has 2 aliphatic rings. The van der Waals surface area contributed by atoms with E-state index in [-0.39, 0.29) is 17.4 Å². The first-order valence-corrected chi connectivity index (χ1v) is 8.12. The molecule has 3 nitrogen and oxygen atoms in total. The summed E-state index contributed by atoms with van der Waals surface area (Å²) in [6.07, 6.45) is 5.97. The van der Waals surface area contributed by atoms with E-state index in [1.165, 1.54) is 31.2 Å². The maximum Gasteiger partial charge on any atom is 0.223 e. The number of likely N-dealkylation sites (N-methyl/N-ethyl adjacent to an activating group) is 1. The van der Waals surface area contributed by atoms with Crippen molar-refractivity contribution in [1.82, 2.24) is 10.2 Å². The highest BCUT2D eigenvalue weighted by molar-refractivity contribution is 5.83. The summed E-state index contributed by atoms with van der Waals surface area (Å²) in [6.45, 7) is 0.802. The van der Waals surface area contributed by atoms with Crippen LogP contribution in [0.25, 0.3) is 0 Å². The number of rotatable bonds is 5. The maximum absolute atomic E-state index is 12.4. The molecule has 1 amide bonds. The van der Waals surface area contributed by atoms with Gasteiger partial charge in [0.15, 0.2) is 0 Å². The molecule has 0 unspecified atom stereocenters. The molecule has 114 valence electrons. The van der Waals surface area contributed by atoms with Gasteiger partial charge in [-0.2, -0.15) is 0 Å². The maximum atomic E-state index is 12.4. The summed E-state index contributed by atoms with van der Waals surface area (Å²) in [6, 6.07) is 10.4. The molecule has 3 heteroatoms. The molecule has 0 aromatic heterocycles. The Hall–Kier alpha value is -1.35.